The largest absolute Gasteiger partial charge is 0.468 e. The minimum atomic E-state index is -3.74. The third-order valence-corrected chi connectivity index (χ3v) is 5.08. The van der Waals surface area contributed by atoms with Crippen LogP contribution in [0.3, 0.4) is 0 Å². The first-order valence-electron chi connectivity index (χ1n) is 5.80. The van der Waals surface area contributed by atoms with Gasteiger partial charge in [-0.2, -0.15) is 8.42 Å². The number of fused-ring (bicyclic) bond motifs is 1. The van der Waals surface area contributed by atoms with Crippen LogP contribution in [0.25, 0.3) is 0 Å². The molecule has 20 heavy (non-hydrogen) atoms. The van der Waals surface area contributed by atoms with E-state index in [1.807, 2.05) is 6.92 Å². The SMILES string of the molecule is COC(=O)C(C)SC1=NS(=O)(=O)c2cc(C)ccc2N1. The van der Waals surface area contributed by atoms with Crippen molar-refractivity contribution in [3.05, 3.63) is 23.8 Å². The number of amidine groups is 1. The monoisotopic (exact) mass is 314 g/mol. The molecule has 1 aliphatic rings. The number of rotatable bonds is 2. The molecule has 6 nitrogen and oxygen atoms in total. The zero-order valence-electron chi connectivity index (χ0n) is 11.2. The van der Waals surface area contributed by atoms with E-state index in [9.17, 15) is 13.2 Å². The Morgan fingerprint density at radius 2 is 2.15 bits per heavy atom. The van der Waals surface area contributed by atoms with Gasteiger partial charge in [-0.15, -0.1) is 4.40 Å². The van der Waals surface area contributed by atoms with E-state index < -0.39 is 21.2 Å². The lowest BCUT2D eigenvalue weighted by Crippen LogP contribution is -2.24. The molecule has 0 saturated heterocycles. The number of hydrogen-bond acceptors (Lipinski definition) is 6. The molecule has 1 aliphatic heterocycles. The molecule has 0 radical (unpaired) electrons. The Labute approximate surface area is 121 Å². The molecular formula is C12H14N2O4S2. The minimum Gasteiger partial charge on any atom is -0.468 e. The number of carbonyl (C=O) groups is 1. The second-order valence-corrected chi connectivity index (χ2v) is 7.18. The van der Waals surface area contributed by atoms with Gasteiger partial charge in [-0.3, -0.25) is 4.79 Å². The highest BCUT2D eigenvalue weighted by Gasteiger charge is 2.27. The first kappa shape index (κ1) is 14.9. The van der Waals surface area contributed by atoms with Gasteiger partial charge in [0, 0.05) is 0 Å². The van der Waals surface area contributed by atoms with Crippen molar-refractivity contribution in [3.63, 3.8) is 0 Å². The van der Waals surface area contributed by atoms with E-state index in [1.165, 1.54) is 7.11 Å². The van der Waals surface area contributed by atoms with Crippen molar-refractivity contribution in [1.82, 2.24) is 0 Å². The Kier molecular flexibility index (Phi) is 4.05. The molecule has 1 atom stereocenters. The molecule has 0 fully saturated rings. The zero-order chi connectivity index (χ0) is 14.9. The van der Waals surface area contributed by atoms with Crippen molar-refractivity contribution >= 4 is 38.6 Å². The number of benzene rings is 1. The second-order valence-electron chi connectivity index (χ2n) is 4.28. The predicted molar refractivity (Wildman–Crippen MR) is 78.5 cm³/mol. The maximum atomic E-state index is 12.1. The number of hydrogen-bond donors (Lipinski definition) is 1. The number of nitrogens with zero attached hydrogens (tertiary/aromatic N) is 1. The summed E-state index contributed by atoms with van der Waals surface area (Å²) in [5.41, 5.74) is 1.30. The van der Waals surface area contributed by atoms with E-state index in [4.69, 9.17) is 0 Å². The molecule has 1 aromatic rings. The van der Waals surface area contributed by atoms with Gasteiger partial charge in [0.1, 0.15) is 10.1 Å². The number of thioether (sulfide) groups is 1. The van der Waals surface area contributed by atoms with Crippen LogP contribution in [-0.2, 0) is 19.6 Å². The van der Waals surface area contributed by atoms with Crippen LogP contribution in [0.2, 0.25) is 0 Å². The van der Waals surface area contributed by atoms with Gasteiger partial charge in [0.2, 0.25) is 0 Å². The fourth-order valence-corrected chi connectivity index (χ4v) is 3.93. The summed E-state index contributed by atoms with van der Waals surface area (Å²) in [5, 5.41) is 2.53. The fraction of sp³-hybridized carbons (Fsp3) is 0.333. The summed E-state index contributed by atoms with van der Waals surface area (Å²) in [6, 6.07) is 5.05. The highest BCUT2D eigenvalue weighted by molar-refractivity contribution is 8.15. The molecule has 0 aromatic heterocycles. The van der Waals surface area contributed by atoms with Gasteiger partial charge in [0.05, 0.1) is 12.8 Å². The molecule has 0 aliphatic carbocycles. The number of aryl methyl sites for hydroxylation is 1. The van der Waals surface area contributed by atoms with Gasteiger partial charge in [-0.1, -0.05) is 17.8 Å². The van der Waals surface area contributed by atoms with Crippen molar-refractivity contribution in [2.75, 3.05) is 12.4 Å². The number of carbonyl (C=O) groups excluding carboxylic acids is 1. The normalized spacial score (nSPS) is 17.4. The highest BCUT2D eigenvalue weighted by atomic mass is 32.2. The van der Waals surface area contributed by atoms with E-state index in [1.54, 1.807) is 25.1 Å². The molecule has 0 saturated carbocycles. The molecule has 2 rings (SSSR count). The Bertz CT molecular complexity index is 683. The highest BCUT2D eigenvalue weighted by Crippen LogP contribution is 2.31. The van der Waals surface area contributed by atoms with Gasteiger partial charge in [0.25, 0.3) is 10.0 Å². The summed E-state index contributed by atoms with van der Waals surface area (Å²) < 4.78 is 32.5. The van der Waals surface area contributed by atoms with Crippen LogP contribution in [0.15, 0.2) is 27.5 Å². The lowest BCUT2D eigenvalue weighted by molar-refractivity contribution is -0.139. The average molecular weight is 314 g/mol. The summed E-state index contributed by atoms with van der Waals surface area (Å²) >= 11 is 1.01. The molecule has 108 valence electrons. The first-order valence-corrected chi connectivity index (χ1v) is 8.12. The summed E-state index contributed by atoms with van der Waals surface area (Å²) in [6.45, 7) is 3.43. The molecule has 0 amide bonds. The van der Waals surface area contributed by atoms with Gasteiger partial charge >= 0.3 is 5.97 Å². The molecular weight excluding hydrogens is 300 g/mol. The second kappa shape index (κ2) is 5.45. The van der Waals surface area contributed by atoms with Gasteiger partial charge in [-0.25, -0.2) is 0 Å². The zero-order valence-corrected chi connectivity index (χ0v) is 12.8. The molecule has 1 aromatic carbocycles. The van der Waals surface area contributed by atoms with Crippen LogP contribution >= 0.6 is 11.8 Å². The Hall–Kier alpha value is -1.54. The number of esters is 1. The summed E-state index contributed by atoms with van der Waals surface area (Å²) in [7, 11) is -2.46. The van der Waals surface area contributed by atoms with Gasteiger partial charge < -0.3 is 10.1 Å². The van der Waals surface area contributed by atoms with E-state index in [2.05, 4.69) is 14.5 Å². The van der Waals surface area contributed by atoms with Crippen LogP contribution < -0.4 is 5.32 Å². The smallest absolute Gasteiger partial charge is 0.318 e. The van der Waals surface area contributed by atoms with Crippen LogP contribution in [0.4, 0.5) is 5.69 Å². The number of nitrogens with one attached hydrogen (secondary N) is 1. The average Bonchev–Trinajstić information content (AvgIpc) is 2.38. The summed E-state index contributed by atoms with van der Waals surface area (Å²) in [6.07, 6.45) is 0. The Morgan fingerprint density at radius 1 is 1.45 bits per heavy atom. The van der Waals surface area contributed by atoms with E-state index >= 15 is 0 Å². The number of sulfonamides is 1. The quantitative estimate of drug-likeness (QED) is 0.837. The number of ether oxygens (including phenoxy) is 1. The molecule has 0 bridgehead atoms. The first-order chi connectivity index (χ1) is 9.33. The molecule has 1 N–H and O–H groups in total. The van der Waals surface area contributed by atoms with Crippen molar-refractivity contribution in [1.29, 1.82) is 0 Å². The summed E-state index contributed by atoms with van der Waals surface area (Å²) in [5.74, 6) is -0.438. The summed E-state index contributed by atoms with van der Waals surface area (Å²) in [4.78, 5) is 11.5. The van der Waals surface area contributed by atoms with Crippen LogP contribution in [-0.4, -0.2) is 31.9 Å². The van der Waals surface area contributed by atoms with E-state index in [-0.39, 0.29) is 10.1 Å². The molecule has 8 heteroatoms. The maximum absolute atomic E-state index is 12.1. The number of anilines is 1. The molecule has 1 heterocycles. The van der Waals surface area contributed by atoms with Crippen molar-refractivity contribution in [2.45, 2.75) is 24.0 Å². The maximum Gasteiger partial charge on any atom is 0.318 e. The predicted octanol–water partition coefficient (Wildman–Crippen LogP) is 1.76. The topological polar surface area (TPSA) is 84.8 Å². The molecule has 1 unspecified atom stereocenters. The Morgan fingerprint density at radius 3 is 2.80 bits per heavy atom. The lowest BCUT2D eigenvalue weighted by atomic mass is 10.2. The lowest BCUT2D eigenvalue weighted by Gasteiger charge is -2.19. The third-order valence-electron chi connectivity index (χ3n) is 2.68. The van der Waals surface area contributed by atoms with Crippen LogP contribution in [0.5, 0.6) is 0 Å². The standard InChI is InChI=1S/C12H14N2O4S2/c1-7-4-5-9-10(6-7)20(16,17)14-12(13-9)19-8(2)11(15)18-3/h4-6,8H,1-3H3,(H,13,14). The van der Waals surface area contributed by atoms with E-state index in [0.717, 1.165) is 17.3 Å². The van der Waals surface area contributed by atoms with Gasteiger partial charge in [0.15, 0.2) is 5.17 Å². The minimum absolute atomic E-state index is 0.146. The molecule has 0 spiro atoms. The van der Waals surface area contributed by atoms with Crippen molar-refractivity contribution in [3.8, 4) is 0 Å². The fourth-order valence-electron chi connectivity index (χ4n) is 1.68. The van der Waals surface area contributed by atoms with Crippen molar-refractivity contribution < 1.29 is 17.9 Å². The third kappa shape index (κ3) is 2.96. The van der Waals surface area contributed by atoms with Crippen molar-refractivity contribution in [2.24, 2.45) is 4.40 Å². The Balaban J connectivity index is 2.31. The van der Waals surface area contributed by atoms with Gasteiger partial charge in [-0.05, 0) is 31.5 Å². The van der Waals surface area contributed by atoms with Crippen LogP contribution in [0, 0.1) is 6.92 Å². The van der Waals surface area contributed by atoms with Crippen LogP contribution in [0.1, 0.15) is 12.5 Å². The van der Waals surface area contributed by atoms with E-state index in [0.29, 0.717) is 5.69 Å². The number of methoxy groups -OCH3 is 1.